The monoisotopic (exact) mass is 314 g/mol. The molecule has 0 saturated carbocycles. The summed E-state index contributed by atoms with van der Waals surface area (Å²) >= 11 is 1.50. The zero-order chi connectivity index (χ0) is 15.4. The van der Waals surface area contributed by atoms with Crippen LogP contribution >= 0.6 is 11.3 Å². The maximum Gasteiger partial charge on any atom is 0.252 e. The van der Waals surface area contributed by atoms with Gasteiger partial charge < -0.3 is 10.2 Å². The molecule has 22 heavy (non-hydrogen) atoms. The number of hydrogen-bond acceptors (Lipinski definition) is 3. The zero-order valence-corrected chi connectivity index (χ0v) is 13.0. The molecule has 1 aliphatic rings. The molecule has 1 aliphatic heterocycles. The van der Waals surface area contributed by atoms with Gasteiger partial charge >= 0.3 is 0 Å². The molecule has 1 fully saturated rings. The van der Waals surface area contributed by atoms with Crippen LogP contribution in [0.5, 0.6) is 0 Å². The van der Waals surface area contributed by atoms with Crippen molar-refractivity contribution in [3.8, 4) is 0 Å². The summed E-state index contributed by atoms with van der Waals surface area (Å²) in [5.41, 5.74) is 1.68. The molecular weight excluding hydrogens is 296 g/mol. The zero-order valence-electron chi connectivity index (χ0n) is 12.2. The number of benzene rings is 1. The summed E-state index contributed by atoms with van der Waals surface area (Å²) in [5, 5.41) is 6.77. The minimum atomic E-state index is -0.185. The van der Waals surface area contributed by atoms with Crippen molar-refractivity contribution in [1.82, 2.24) is 10.2 Å². The first-order valence-corrected chi connectivity index (χ1v) is 8.34. The van der Waals surface area contributed by atoms with Crippen molar-refractivity contribution < 1.29 is 9.59 Å². The van der Waals surface area contributed by atoms with E-state index >= 15 is 0 Å². The molecule has 1 saturated heterocycles. The number of carbonyl (C=O) groups excluding carboxylic acids is 2. The fraction of sp³-hybridized carbons (Fsp3) is 0.294. The number of hydrogen-bond donors (Lipinski definition) is 1. The van der Waals surface area contributed by atoms with Crippen molar-refractivity contribution >= 4 is 23.2 Å². The van der Waals surface area contributed by atoms with E-state index in [-0.39, 0.29) is 17.9 Å². The first kappa shape index (κ1) is 14.8. The molecule has 1 unspecified atom stereocenters. The van der Waals surface area contributed by atoms with Gasteiger partial charge in [-0.2, -0.15) is 11.3 Å². The summed E-state index contributed by atoms with van der Waals surface area (Å²) in [6.07, 6.45) is 1.51. The summed E-state index contributed by atoms with van der Waals surface area (Å²) in [4.78, 5) is 26.0. The van der Waals surface area contributed by atoms with Crippen LogP contribution in [0.1, 0.15) is 34.8 Å². The number of likely N-dealkylation sites (tertiary alicyclic amines) is 1. The van der Waals surface area contributed by atoms with Crippen molar-refractivity contribution in [2.75, 3.05) is 13.1 Å². The fourth-order valence-corrected chi connectivity index (χ4v) is 3.31. The van der Waals surface area contributed by atoms with E-state index in [2.05, 4.69) is 5.32 Å². The maximum atomic E-state index is 12.3. The number of carbonyl (C=O) groups is 2. The molecule has 0 aliphatic carbocycles. The smallest absolute Gasteiger partial charge is 0.252 e. The molecule has 0 radical (unpaired) electrons. The maximum absolute atomic E-state index is 12.3. The fourth-order valence-electron chi connectivity index (χ4n) is 2.67. The second-order valence-electron chi connectivity index (χ2n) is 5.39. The highest BCUT2D eigenvalue weighted by Crippen LogP contribution is 2.19. The van der Waals surface area contributed by atoms with Gasteiger partial charge in [-0.25, -0.2) is 0 Å². The topological polar surface area (TPSA) is 49.4 Å². The number of rotatable bonds is 5. The minimum absolute atomic E-state index is 0.0956. The van der Waals surface area contributed by atoms with E-state index in [9.17, 15) is 9.59 Å². The molecule has 3 rings (SSSR count). The van der Waals surface area contributed by atoms with Crippen LogP contribution in [-0.4, -0.2) is 29.8 Å². The number of nitrogens with one attached hydrogen (secondary N) is 1. The quantitative estimate of drug-likeness (QED) is 0.922. The lowest BCUT2D eigenvalue weighted by atomic mass is 10.1. The van der Waals surface area contributed by atoms with Crippen molar-refractivity contribution in [3.63, 3.8) is 0 Å². The molecule has 1 atom stereocenters. The Kier molecular flexibility index (Phi) is 4.53. The minimum Gasteiger partial charge on any atom is -0.343 e. The Balaban J connectivity index is 1.77. The molecule has 0 spiro atoms. The van der Waals surface area contributed by atoms with E-state index < -0.39 is 0 Å². The van der Waals surface area contributed by atoms with Crippen LogP contribution in [0.2, 0.25) is 0 Å². The van der Waals surface area contributed by atoms with E-state index in [1.165, 1.54) is 11.3 Å². The van der Waals surface area contributed by atoms with Crippen LogP contribution < -0.4 is 5.32 Å². The predicted octanol–water partition coefficient (Wildman–Crippen LogP) is 2.84. The molecule has 1 N–H and O–H groups in total. The van der Waals surface area contributed by atoms with Crippen LogP contribution in [0.3, 0.4) is 0 Å². The Morgan fingerprint density at radius 1 is 1.27 bits per heavy atom. The average molecular weight is 314 g/mol. The standard InChI is InChI=1S/C17H18N2O2S/c20-16-7-4-9-19(16)11-15(13-5-2-1-3-6-13)18-17(21)14-8-10-22-12-14/h1-3,5-6,8,10,12,15H,4,7,9,11H2,(H,18,21). The lowest BCUT2D eigenvalue weighted by Crippen LogP contribution is -2.38. The Labute approximate surface area is 133 Å². The Bertz CT molecular complexity index is 640. The highest BCUT2D eigenvalue weighted by atomic mass is 32.1. The summed E-state index contributed by atoms with van der Waals surface area (Å²) < 4.78 is 0. The van der Waals surface area contributed by atoms with Gasteiger partial charge in [0.2, 0.25) is 5.91 Å². The van der Waals surface area contributed by atoms with Gasteiger partial charge in [0.05, 0.1) is 11.6 Å². The van der Waals surface area contributed by atoms with Crippen LogP contribution in [0.4, 0.5) is 0 Å². The van der Waals surface area contributed by atoms with Crippen molar-refractivity contribution in [2.24, 2.45) is 0 Å². The van der Waals surface area contributed by atoms with E-state index in [1.54, 1.807) is 0 Å². The van der Waals surface area contributed by atoms with E-state index in [0.717, 1.165) is 18.5 Å². The average Bonchev–Trinajstić information content (AvgIpc) is 3.20. The van der Waals surface area contributed by atoms with Crippen LogP contribution in [0.15, 0.2) is 47.2 Å². The molecule has 114 valence electrons. The molecule has 2 aromatic rings. The summed E-state index contributed by atoms with van der Waals surface area (Å²) in [7, 11) is 0. The second kappa shape index (κ2) is 6.75. The van der Waals surface area contributed by atoms with E-state index in [0.29, 0.717) is 18.5 Å². The molecule has 2 heterocycles. The lowest BCUT2D eigenvalue weighted by molar-refractivity contribution is -0.128. The molecule has 1 aromatic heterocycles. The normalized spacial score (nSPS) is 15.8. The van der Waals surface area contributed by atoms with Gasteiger partial charge in [-0.15, -0.1) is 0 Å². The first-order valence-electron chi connectivity index (χ1n) is 7.40. The molecule has 0 bridgehead atoms. The van der Waals surface area contributed by atoms with Gasteiger partial charge in [0, 0.05) is 24.9 Å². The van der Waals surface area contributed by atoms with Gasteiger partial charge in [-0.3, -0.25) is 9.59 Å². The number of thiophene rings is 1. The van der Waals surface area contributed by atoms with Gasteiger partial charge in [0.15, 0.2) is 0 Å². The summed E-state index contributed by atoms with van der Waals surface area (Å²) in [5.74, 6) is 0.0764. The third kappa shape index (κ3) is 3.36. The highest BCUT2D eigenvalue weighted by molar-refractivity contribution is 7.08. The largest absolute Gasteiger partial charge is 0.343 e. The van der Waals surface area contributed by atoms with Gasteiger partial charge in [-0.1, -0.05) is 30.3 Å². The van der Waals surface area contributed by atoms with Gasteiger partial charge in [0.1, 0.15) is 0 Å². The van der Waals surface area contributed by atoms with Crippen molar-refractivity contribution in [2.45, 2.75) is 18.9 Å². The van der Waals surface area contributed by atoms with Crippen molar-refractivity contribution in [3.05, 3.63) is 58.3 Å². The van der Waals surface area contributed by atoms with Crippen LogP contribution in [0, 0.1) is 0 Å². The predicted molar refractivity (Wildman–Crippen MR) is 86.8 cm³/mol. The van der Waals surface area contributed by atoms with E-state index in [1.807, 2.05) is 52.1 Å². The number of nitrogens with zero attached hydrogens (tertiary/aromatic N) is 1. The summed E-state index contributed by atoms with van der Waals surface area (Å²) in [6.45, 7) is 1.30. The molecule has 2 amide bonds. The van der Waals surface area contributed by atoms with Crippen LogP contribution in [-0.2, 0) is 4.79 Å². The number of amides is 2. The van der Waals surface area contributed by atoms with Gasteiger partial charge in [0.25, 0.3) is 5.91 Å². The first-order chi connectivity index (χ1) is 10.7. The van der Waals surface area contributed by atoms with E-state index in [4.69, 9.17) is 0 Å². The second-order valence-corrected chi connectivity index (χ2v) is 6.17. The Morgan fingerprint density at radius 2 is 2.09 bits per heavy atom. The Morgan fingerprint density at radius 3 is 2.73 bits per heavy atom. The SMILES string of the molecule is O=C(NC(CN1CCCC1=O)c1ccccc1)c1ccsc1. The third-order valence-corrected chi connectivity index (χ3v) is 4.55. The van der Waals surface area contributed by atoms with Gasteiger partial charge in [-0.05, 0) is 23.4 Å². The lowest BCUT2D eigenvalue weighted by Gasteiger charge is -2.25. The van der Waals surface area contributed by atoms with Crippen LogP contribution in [0.25, 0.3) is 0 Å². The summed E-state index contributed by atoms with van der Waals surface area (Å²) in [6, 6.07) is 11.4. The molecular formula is C17H18N2O2S. The third-order valence-electron chi connectivity index (χ3n) is 3.86. The molecule has 4 nitrogen and oxygen atoms in total. The highest BCUT2D eigenvalue weighted by Gasteiger charge is 2.25. The molecule has 5 heteroatoms. The van der Waals surface area contributed by atoms with Crippen molar-refractivity contribution in [1.29, 1.82) is 0 Å². The Hall–Kier alpha value is -2.14. The molecule has 1 aromatic carbocycles.